The standard InChI is InChI=1S/C26H27ClN4O2S/c1-29(20-10-5-7-18(27)15-20)17-24(32)30-14-13-23-22(16-30)25(33)31(19-8-3-2-4-9-19)26(28-23)34-21-11-6-12-21/h2-5,7-10,15,21H,6,11-14,16-17H2,1H3. The van der Waals surface area contributed by atoms with Crippen LogP contribution in [0.5, 0.6) is 0 Å². The number of benzene rings is 2. The Morgan fingerprint density at radius 2 is 1.97 bits per heavy atom. The minimum Gasteiger partial charge on any atom is -0.365 e. The fraction of sp³-hybridized carbons (Fsp3) is 0.346. The Bertz CT molecular complexity index is 1260. The van der Waals surface area contributed by atoms with E-state index in [1.165, 1.54) is 6.42 Å². The molecule has 0 saturated heterocycles. The van der Waals surface area contributed by atoms with Crippen molar-refractivity contribution in [3.05, 3.63) is 81.2 Å². The van der Waals surface area contributed by atoms with Crippen molar-refractivity contribution in [1.82, 2.24) is 14.5 Å². The summed E-state index contributed by atoms with van der Waals surface area (Å²) in [6.07, 6.45) is 4.15. The van der Waals surface area contributed by atoms with Crippen molar-refractivity contribution in [1.29, 1.82) is 0 Å². The molecule has 176 valence electrons. The van der Waals surface area contributed by atoms with Gasteiger partial charge in [-0.3, -0.25) is 14.2 Å². The van der Waals surface area contributed by atoms with E-state index < -0.39 is 0 Å². The van der Waals surface area contributed by atoms with E-state index in [0.29, 0.717) is 28.8 Å². The van der Waals surface area contributed by atoms with Gasteiger partial charge >= 0.3 is 0 Å². The molecule has 6 nitrogen and oxygen atoms in total. The number of halogens is 1. The number of anilines is 1. The second kappa shape index (κ2) is 9.84. The van der Waals surface area contributed by atoms with Gasteiger partial charge in [-0.25, -0.2) is 4.98 Å². The quantitative estimate of drug-likeness (QED) is 0.470. The Morgan fingerprint density at radius 1 is 1.18 bits per heavy atom. The number of hydrogen-bond acceptors (Lipinski definition) is 5. The van der Waals surface area contributed by atoms with E-state index in [2.05, 4.69) is 0 Å². The molecule has 1 fully saturated rings. The second-order valence-corrected chi connectivity index (χ2v) is 10.6. The molecule has 2 aliphatic rings. The van der Waals surface area contributed by atoms with Gasteiger partial charge in [0.25, 0.3) is 5.56 Å². The van der Waals surface area contributed by atoms with Gasteiger partial charge in [-0.05, 0) is 43.2 Å². The fourth-order valence-electron chi connectivity index (χ4n) is 4.30. The van der Waals surface area contributed by atoms with Crippen LogP contribution < -0.4 is 10.5 Å². The van der Waals surface area contributed by atoms with Gasteiger partial charge in [0.05, 0.1) is 30.0 Å². The van der Waals surface area contributed by atoms with Crippen LogP contribution >= 0.6 is 23.4 Å². The summed E-state index contributed by atoms with van der Waals surface area (Å²) in [5.74, 6) is -0.0216. The highest BCUT2D eigenvalue weighted by Gasteiger charge is 2.29. The van der Waals surface area contributed by atoms with Gasteiger partial charge in [-0.1, -0.05) is 54.0 Å². The molecule has 1 aliphatic carbocycles. The average molecular weight is 495 g/mol. The van der Waals surface area contributed by atoms with Crippen molar-refractivity contribution in [3.8, 4) is 5.69 Å². The van der Waals surface area contributed by atoms with Gasteiger partial charge in [0.15, 0.2) is 5.16 Å². The number of amides is 1. The van der Waals surface area contributed by atoms with E-state index >= 15 is 0 Å². The van der Waals surface area contributed by atoms with Gasteiger partial charge < -0.3 is 9.80 Å². The molecule has 0 N–H and O–H groups in total. The van der Waals surface area contributed by atoms with Crippen molar-refractivity contribution in [3.63, 3.8) is 0 Å². The average Bonchev–Trinajstić information content (AvgIpc) is 2.82. The van der Waals surface area contributed by atoms with Crippen LogP contribution in [-0.4, -0.2) is 45.7 Å². The molecule has 34 heavy (non-hydrogen) atoms. The van der Waals surface area contributed by atoms with Crippen LogP contribution in [0, 0.1) is 0 Å². The number of fused-ring (bicyclic) bond motifs is 1. The molecule has 1 aliphatic heterocycles. The molecule has 5 rings (SSSR count). The van der Waals surface area contributed by atoms with Crippen molar-refractivity contribution in [2.45, 2.75) is 42.6 Å². The molecule has 1 amide bonds. The van der Waals surface area contributed by atoms with Gasteiger partial charge in [0.2, 0.25) is 5.91 Å². The molecule has 3 aromatic rings. The number of hydrogen-bond donors (Lipinski definition) is 0. The summed E-state index contributed by atoms with van der Waals surface area (Å²) >= 11 is 7.81. The third kappa shape index (κ3) is 4.72. The lowest BCUT2D eigenvalue weighted by Gasteiger charge is -2.31. The van der Waals surface area contributed by atoms with Crippen LogP contribution in [0.1, 0.15) is 30.5 Å². The highest BCUT2D eigenvalue weighted by molar-refractivity contribution is 7.99. The molecule has 0 spiro atoms. The molecule has 2 aromatic carbocycles. The van der Waals surface area contributed by atoms with Crippen molar-refractivity contribution < 1.29 is 4.79 Å². The first-order chi connectivity index (χ1) is 16.5. The smallest absolute Gasteiger partial charge is 0.264 e. The zero-order valence-corrected chi connectivity index (χ0v) is 20.7. The first-order valence-electron chi connectivity index (χ1n) is 11.6. The molecule has 1 saturated carbocycles. The van der Waals surface area contributed by atoms with E-state index in [-0.39, 0.29) is 24.6 Å². The topological polar surface area (TPSA) is 58.4 Å². The molecular weight excluding hydrogens is 468 g/mol. The summed E-state index contributed by atoms with van der Waals surface area (Å²) in [5.41, 5.74) is 3.06. The molecular formula is C26H27ClN4O2S. The summed E-state index contributed by atoms with van der Waals surface area (Å²) in [6.45, 7) is 1.06. The molecule has 2 heterocycles. The first kappa shape index (κ1) is 23.0. The normalized spacial score (nSPS) is 15.5. The van der Waals surface area contributed by atoms with E-state index in [9.17, 15) is 9.59 Å². The number of para-hydroxylation sites is 1. The van der Waals surface area contributed by atoms with Crippen LogP contribution in [0.2, 0.25) is 5.02 Å². The number of rotatable bonds is 6. The van der Waals surface area contributed by atoms with Gasteiger partial charge in [-0.15, -0.1) is 0 Å². The van der Waals surface area contributed by atoms with Crippen LogP contribution in [-0.2, 0) is 17.8 Å². The van der Waals surface area contributed by atoms with E-state index in [1.807, 2.05) is 66.5 Å². The molecule has 8 heteroatoms. The Kier molecular flexibility index (Phi) is 6.66. The highest BCUT2D eigenvalue weighted by Crippen LogP contribution is 2.36. The maximum Gasteiger partial charge on any atom is 0.264 e. The maximum absolute atomic E-state index is 13.7. The lowest BCUT2D eigenvalue weighted by Crippen LogP contribution is -2.44. The van der Waals surface area contributed by atoms with Crippen LogP contribution in [0.4, 0.5) is 5.69 Å². The lowest BCUT2D eigenvalue weighted by molar-refractivity contribution is -0.130. The zero-order chi connectivity index (χ0) is 23.7. The Morgan fingerprint density at radius 3 is 2.68 bits per heavy atom. The molecule has 0 radical (unpaired) electrons. The minimum atomic E-state index is -0.0706. The van der Waals surface area contributed by atoms with Gasteiger partial charge in [0.1, 0.15) is 0 Å². The van der Waals surface area contributed by atoms with Gasteiger partial charge in [0, 0.05) is 36.0 Å². The number of likely N-dealkylation sites (N-methyl/N-ethyl adjacent to an activating group) is 1. The van der Waals surface area contributed by atoms with E-state index in [4.69, 9.17) is 16.6 Å². The number of carbonyl (C=O) groups excluding carboxylic acids is 1. The lowest BCUT2D eigenvalue weighted by atomic mass is 10.0. The highest BCUT2D eigenvalue weighted by atomic mass is 35.5. The summed E-state index contributed by atoms with van der Waals surface area (Å²) in [4.78, 5) is 35.4. The third-order valence-corrected chi connectivity index (χ3v) is 8.04. The molecule has 0 bridgehead atoms. The maximum atomic E-state index is 13.7. The first-order valence-corrected chi connectivity index (χ1v) is 12.9. The summed E-state index contributed by atoms with van der Waals surface area (Å²) < 4.78 is 1.73. The van der Waals surface area contributed by atoms with Crippen LogP contribution in [0.3, 0.4) is 0 Å². The predicted molar refractivity (Wildman–Crippen MR) is 137 cm³/mol. The van der Waals surface area contributed by atoms with E-state index in [1.54, 1.807) is 21.2 Å². The zero-order valence-electron chi connectivity index (χ0n) is 19.1. The minimum absolute atomic E-state index is 0.0216. The summed E-state index contributed by atoms with van der Waals surface area (Å²) in [6, 6.07) is 17.1. The predicted octanol–water partition coefficient (Wildman–Crippen LogP) is 4.55. The van der Waals surface area contributed by atoms with Crippen molar-refractivity contribution >= 4 is 35.0 Å². The SMILES string of the molecule is CN(CC(=O)N1CCc2nc(SC3CCC3)n(-c3ccccc3)c(=O)c2C1)c1cccc(Cl)c1. The Balaban J connectivity index is 1.41. The Hall–Kier alpha value is -2.77. The number of carbonyl (C=O) groups is 1. The van der Waals surface area contributed by atoms with Crippen LogP contribution in [0.15, 0.2) is 64.5 Å². The van der Waals surface area contributed by atoms with Crippen LogP contribution in [0.25, 0.3) is 5.69 Å². The van der Waals surface area contributed by atoms with Crippen molar-refractivity contribution in [2.75, 3.05) is 25.0 Å². The van der Waals surface area contributed by atoms with Crippen molar-refractivity contribution in [2.24, 2.45) is 0 Å². The Labute approximate surface area is 208 Å². The number of thioether (sulfide) groups is 1. The monoisotopic (exact) mass is 494 g/mol. The molecule has 1 aromatic heterocycles. The number of aromatic nitrogens is 2. The summed E-state index contributed by atoms with van der Waals surface area (Å²) in [5, 5.41) is 1.91. The number of nitrogens with zero attached hydrogens (tertiary/aromatic N) is 4. The fourth-order valence-corrected chi connectivity index (χ4v) is 5.81. The van der Waals surface area contributed by atoms with Gasteiger partial charge in [-0.2, -0.15) is 0 Å². The van der Waals surface area contributed by atoms with E-state index in [0.717, 1.165) is 35.1 Å². The third-order valence-electron chi connectivity index (χ3n) is 6.51. The molecule has 0 unspecified atom stereocenters. The summed E-state index contributed by atoms with van der Waals surface area (Å²) in [7, 11) is 1.87. The molecule has 0 atom stereocenters. The second-order valence-electron chi connectivity index (χ2n) is 8.87. The largest absolute Gasteiger partial charge is 0.365 e.